The van der Waals surface area contributed by atoms with Crippen molar-refractivity contribution in [2.75, 3.05) is 6.54 Å². The number of hydrogen-bond acceptors (Lipinski definition) is 1. The SMILES string of the molecule is CCCC1(CCC)CC(CN)(c2c(F)cccc2Cl)C1. The van der Waals surface area contributed by atoms with E-state index in [-0.39, 0.29) is 11.2 Å². The van der Waals surface area contributed by atoms with Crippen molar-refractivity contribution in [1.82, 2.24) is 0 Å². The molecule has 20 heavy (non-hydrogen) atoms. The maximum Gasteiger partial charge on any atom is 0.128 e. The van der Waals surface area contributed by atoms with Crippen molar-refractivity contribution in [3.63, 3.8) is 0 Å². The molecule has 1 aliphatic rings. The van der Waals surface area contributed by atoms with Gasteiger partial charge in [0, 0.05) is 22.5 Å². The molecule has 2 N–H and O–H groups in total. The molecular formula is C17H25ClFN. The fraction of sp³-hybridized carbons (Fsp3) is 0.647. The zero-order valence-electron chi connectivity index (χ0n) is 12.5. The largest absolute Gasteiger partial charge is 0.330 e. The third-order valence-electron chi connectivity index (χ3n) is 4.87. The highest BCUT2D eigenvalue weighted by Crippen LogP contribution is 2.61. The zero-order valence-corrected chi connectivity index (χ0v) is 13.3. The second kappa shape index (κ2) is 6.03. The molecule has 0 radical (unpaired) electrons. The molecule has 3 heteroatoms. The molecule has 0 amide bonds. The molecule has 0 unspecified atom stereocenters. The van der Waals surface area contributed by atoms with Gasteiger partial charge >= 0.3 is 0 Å². The Morgan fingerprint density at radius 2 is 1.80 bits per heavy atom. The lowest BCUT2D eigenvalue weighted by Gasteiger charge is -2.57. The van der Waals surface area contributed by atoms with E-state index in [1.807, 2.05) is 0 Å². The van der Waals surface area contributed by atoms with E-state index in [0.717, 1.165) is 12.8 Å². The topological polar surface area (TPSA) is 26.0 Å². The molecule has 0 atom stereocenters. The Morgan fingerprint density at radius 1 is 1.20 bits per heavy atom. The summed E-state index contributed by atoms with van der Waals surface area (Å²) in [7, 11) is 0. The summed E-state index contributed by atoms with van der Waals surface area (Å²) >= 11 is 6.26. The van der Waals surface area contributed by atoms with Crippen LogP contribution >= 0.6 is 11.6 Å². The smallest absolute Gasteiger partial charge is 0.128 e. The Hall–Kier alpha value is -0.600. The van der Waals surface area contributed by atoms with Crippen LogP contribution in [0.25, 0.3) is 0 Å². The molecule has 0 saturated heterocycles. The van der Waals surface area contributed by atoms with Gasteiger partial charge in [-0.3, -0.25) is 0 Å². The van der Waals surface area contributed by atoms with Gasteiger partial charge in [0.15, 0.2) is 0 Å². The highest BCUT2D eigenvalue weighted by atomic mass is 35.5. The molecule has 0 aliphatic heterocycles. The number of halogens is 2. The van der Waals surface area contributed by atoms with Gasteiger partial charge in [-0.05, 0) is 43.2 Å². The van der Waals surface area contributed by atoms with Gasteiger partial charge in [-0.25, -0.2) is 4.39 Å². The van der Waals surface area contributed by atoms with Gasteiger partial charge < -0.3 is 5.73 Å². The summed E-state index contributed by atoms with van der Waals surface area (Å²) in [4.78, 5) is 0. The molecule has 1 nitrogen and oxygen atoms in total. The van der Waals surface area contributed by atoms with Gasteiger partial charge in [-0.2, -0.15) is 0 Å². The molecule has 0 aromatic heterocycles. The lowest BCUT2D eigenvalue weighted by Crippen LogP contribution is -2.54. The second-order valence-corrected chi connectivity index (χ2v) is 6.84. The van der Waals surface area contributed by atoms with Crippen molar-refractivity contribution >= 4 is 11.6 Å². The summed E-state index contributed by atoms with van der Waals surface area (Å²) in [5.74, 6) is -0.204. The normalized spacial score (nSPS) is 19.6. The standard InChI is InChI=1S/C17H25ClFN/c1-3-8-16(9-4-2)10-17(11-16,12-20)15-13(18)6-5-7-14(15)19/h5-7H,3-4,8-12,20H2,1-2H3. The summed E-state index contributed by atoms with van der Waals surface area (Å²) in [5.41, 5.74) is 6.76. The monoisotopic (exact) mass is 297 g/mol. The van der Waals surface area contributed by atoms with Crippen molar-refractivity contribution in [1.29, 1.82) is 0 Å². The van der Waals surface area contributed by atoms with E-state index in [1.165, 1.54) is 31.7 Å². The van der Waals surface area contributed by atoms with E-state index in [0.29, 0.717) is 22.5 Å². The van der Waals surface area contributed by atoms with Crippen LogP contribution in [0.15, 0.2) is 18.2 Å². The van der Waals surface area contributed by atoms with Crippen molar-refractivity contribution in [3.8, 4) is 0 Å². The van der Waals surface area contributed by atoms with E-state index in [4.69, 9.17) is 17.3 Å². The molecule has 1 aromatic carbocycles. The summed E-state index contributed by atoms with van der Waals surface area (Å²) in [6.07, 6.45) is 6.69. The van der Waals surface area contributed by atoms with Crippen molar-refractivity contribution in [3.05, 3.63) is 34.6 Å². The van der Waals surface area contributed by atoms with Gasteiger partial charge in [-0.1, -0.05) is 44.4 Å². The predicted octanol–water partition coefficient (Wildman–Crippen LogP) is 5.06. The number of benzene rings is 1. The van der Waals surface area contributed by atoms with Crippen LogP contribution in [0.5, 0.6) is 0 Å². The van der Waals surface area contributed by atoms with Gasteiger partial charge in [0.2, 0.25) is 0 Å². The minimum Gasteiger partial charge on any atom is -0.330 e. The zero-order chi connectivity index (χ0) is 14.8. The molecular weight excluding hydrogens is 273 g/mol. The first-order chi connectivity index (χ1) is 9.52. The van der Waals surface area contributed by atoms with Crippen LogP contribution in [0.4, 0.5) is 4.39 Å². The third kappa shape index (κ3) is 2.60. The first-order valence-electron chi connectivity index (χ1n) is 7.67. The average Bonchev–Trinajstić information content (AvgIpc) is 2.36. The molecule has 1 saturated carbocycles. The summed E-state index contributed by atoms with van der Waals surface area (Å²) in [5, 5.41) is 0.525. The van der Waals surface area contributed by atoms with Crippen LogP contribution in [0, 0.1) is 11.2 Å². The Balaban J connectivity index is 2.31. The summed E-state index contributed by atoms with van der Waals surface area (Å²) in [6.45, 7) is 4.91. The number of rotatable bonds is 6. The predicted molar refractivity (Wildman–Crippen MR) is 83.6 cm³/mol. The van der Waals surface area contributed by atoms with E-state index < -0.39 is 0 Å². The fourth-order valence-electron chi connectivity index (χ4n) is 4.35. The van der Waals surface area contributed by atoms with E-state index in [2.05, 4.69) is 13.8 Å². The Bertz CT molecular complexity index is 438. The molecule has 112 valence electrons. The van der Waals surface area contributed by atoms with Gasteiger partial charge in [0.05, 0.1) is 0 Å². The minimum atomic E-state index is -0.257. The van der Waals surface area contributed by atoms with Gasteiger partial charge in [0.1, 0.15) is 5.82 Å². The number of nitrogens with two attached hydrogens (primary N) is 1. The third-order valence-corrected chi connectivity index (χ3v) is 5.19. The maximum atomic E-state index is 14.2. The quantitative estimate of drug-likeness (QED) is 0.780. The highest BCUT2D eigenvalue weighted by molar-refractivity contribution is 6.31. The highest BCUT2D eigenvalue weighted by Gasteiger charge is 2.54. The van der Waals surface area contributed by atoms with Gasteiger partial charge in [-0.15, -0.1) is 0 Å². The van der Waals surface area contributed by atoms with Crippen molar-refractivity contribution in [2.24, 2.45) is 11.1 Å². The lowest BCUT2D eigenvalue weighted by atomic mass is 9.48. The van der Waals surface area contributed by atoms with Gasteiger partial charge in [0.25, 0.3) is 0 Å². The molecule has 0 bridgehead atoms. The Morgan fingerprint density at radius 3 is 2.25 bits per heavy atom. The average molecular weight is 298 g/mol. The van der Waals surface area contributed by atoms with Crippen molar-refractivity contribution < 1.29 is 4.39 Å². The Labute approximate surface area is 126 Å². The molecule has 2 rings (SSSR count). The summed E-state index contributed by atoms with van der Waals surface area (Å²) in [6, 6.07) is 4.94. The first-order valence-corrected chi connectivity index (χ1v) is 8.05. The van der Waals surface area contributed by atoms with E-state index >= 15 is 0 Å². The fourth-order valence-corrected chi connectivity index (χ4v) is 4.71. The molecule has 0 spiro atoms. The van der Waals surface area contributed by atoms with Crippen LogP contribution in [0.3, 0.4) is 0 Å². The maximum absolute atomic E-state index is 14.2. The van der Waals surface area contributed by atoms with E-state index in [1.54, 1.807) is 12.1 Å². The van der Waals surface area contributed by atoms with Crippen LogP contribution in [0.1, 0.15) is 57.9 Å². The Kier molecular flexibility index (Phi) is 4.76. The second-order valence-electron chi connectivity index (χ2n) is 6.43. The lowest BCUT2D eigenvalue weighted by molar-refractivity contribution is 0.00595. The van der Waals surface area contributed by atoms with Crippen LogP contribution < -0.4 is 5.73 Å². The van der Waals surface area contributed by atoms with E-state index in [9.17, 15) is 4.39 Å². The van der Waals surface area contributed by atoms with Crippen LogP contribution in [0.2, 0.25) is 5.02 Å². The van der Waals surface area contributed by atoms with Crippen molar-refractivity contribution in [2.45, 2.75) is 57.8 Å². The van der Waals surface area contributed by atoms with Crippen LogP contribution in [-0.4, -0.2) is 6.54 Å². The molecule has 1 fully saturated rings. The minimum absolute atomic E-state index is 0.204. The number of hydrogen-bond donors (Lipinski definition) is 1. The molecule has 1 aromatic rings. The first kappa shape index (κ1) is 15.8. The summed E-state index contributed by atoms with van der Waals surface area (Å²) < 4.78 is 14.2. The molecule has 1 aliphatic carbocycles. The van der Waals surface area contributed by atoms with Crippen LogP contribution in [-0.2, 0) is 5.41 Å². The molecule has 0 heterocycles.